The Morgan fingerprint density at radius 1 is 1.17 bits per heavy atom. The predicted molar refractivity (Wildman–Crippen MR) is 118 cm³/mol. The van der Waals surface area contributed by atoms with Gasteiger partial charge in [-0.05, 0) is 61.6 Å². The molecule has 1 aromatic heterocycles. The van der Waals surface area contributed by atoms with Gasteiger partial charge in [0.2, 0.25) is 0 Å². The van der Waals surface area contributed by atoms with E-state index in [0.29, 0.717) is 40.9 Å². The number of rotatable bonds is 7. The molecule has 3 aromatic rings. The highest BCUT2D eigenvalue weighted by Gasteiger charge is 2.13. The third-order valence-electron chi connectivity index (χ3n) is 4.18. The van der Waals surface area contributed by atoms with Crippen molar-refractivity contribution in [3.8, 4) is 22.8 Å². The van der Waals surface area contributed by atoms with Crippen molar-refractivity contribution in [3.05, 3.63) is 65.9 Å². The molecule has 0 fully saturated rings. The first-order valence-electron chi connectivity index (χ1n) is 9.27. The molecule has 30 heavy (non-hydrogen) atoms. The minimum Gasteiger partial charge on any atom is -0.496 e. The van der Waals surface area contributed by atoms with E-state index < -0.39 is 0 Å². The third kappa shape index (κ3) is 5.16. The zero-order valence-corrected chi connectivity index (χ0v) is 17.4. The highest BCUT2D eigenvalue weighted by atomic mass is 32.1. The summed E-state index contributed by atoms with van der Waals surface area (Å²) < 4.78 is 16.4. The summed E-state index contributed by atoms with van der Waals surface area (Å²) in [5.74, 6) is 1.87. The van der Waals surface area contributed by atoms with Crippen molar-refractivity contribution in [2.24, 2.45) is 0 Å². The van der Waals surface area contributed by atoms with Crippen LogP contribution in [0.4, 0.5) is 5.69 Å². The van der Waals surface area contributed by atoms with Crippen LogP contribution in [0.1, 0.15) is 23.0 Å². The highest BCUT2D eigenvalue weighted by Crippen LogP contribution is 2.33. The Labute approximate surface area is 179 Å². The monoisotopic (exact) mass is 426 g/mol. The molecule has 8 heteroatoms. The lowest BCUT2D eigenvalue weighted by atomic mass is 10.1. The molecule has 0 radical (unpaired) electrons. The molecular weight excluding hydrogens is 404 g/mol. The lowest BCUT2D eigenvalue weighted by Crippen LogP contribution is -2.34. The molecule has 0 aliphatic heterocycles. The van der Waals surface area contributed by atoms with Crippen LogP contribution in [-0.2, 0) is 6.61 Å². The van der Waals surface area contributed by atoms with Crippen LogP contribution in [0.15, 0.2) is 59.0 Å². The number of carbonyl (C=O) groups is 1. The van der Waals surface area contributed by atoms with Crippen LogP contribution in [0.5, 0.6) is 11.5 Å². The number of carbonyl (C=O) groups excluding carboxylic acids is 1. The smallest absolute Gasteiger partial charge is 0.257 e. The Hall–Kier alpha value is -3.36. The molecule has 2 aromatic carbocycles. The van der Waals surface area contributed by atoms with Crippen molar-refractivity contribution in [1.82, 2.24) is 5.32 Å². The minimum absolute atomic E-state index is 0.150. The number of anilines is 1. The third-order valence-corrected chi connectivity index (χ3v) is 4.38. The summed E-state index contributed by atoms with van der Waals surface area (Å²) in [6.45, 7) is 2.22. The average Bonchev–Trinajstić information content (AvgIpc) is 3.23. The highest BCUT2D eigenvalue weighted by molar-refractivity contribution is 7.80. The van der Waals surface area contributed by atoms with Crippen molar-refractivity contribution < 1.29 is 23.8 Å². The van der Waals surface area contributed by atoms with Crippen molar-refractivity contribution >= 4 is 28.9 Å². The lowest BCUT2D eigenvalue weighted by molar-refractivity contribution is 0.0977. The van der Waals surface area contributed by atoms with Crippen molar-refractivity contribution in [2.45, 2.75) is 13.5 Å². The Balaban J connectivity index is 1.69. The molecule has 1 heterocycles. The van der Waals surface area contributed by atoms with Gasteiger partial charge >= 0.3 is 0 Å². The van der Waals surface area contributed by atoms with Gasteiger partial charge in [0.15, 0.2) is 5.11 Å². The molecule has 0 atom stereocenters. The van der Waals surface area contributed by atoms with E-state index in [9.17, 15) is 9.90 Å². The van der Waals surface area contributed by atoms with Gasteiger partial charge in [0.1, 0.15) is 29.6 Å². The molecule has 0 unspecified atom stereocenters. The second-order valence-corrected chi connectivity index (χ2v) is 6.62. The van der Waals surface area contributed by atoms with Crippen molar-refractivity contribution in [2.75, 3.05) is 19.0 Å². The second-order valence-electron chi connectivity index (χ2n) is 6.21. The van der Waals surface area contributed by atoms with Crippen LogP contribution >= 0.6 is 12.2 Å². The summed E-state index contributed by atoms with van der Waals surface area (Å²) in [5.41, 5.74) is 1.80. The quantitative estimate of drug-likeness (QED) is 0.492. The van der Waals surface area contributed by atoms with E-state index in [1.165, 1.54) is 0 Å². The lowest BCUT2D eigenvalue weighted by Gasteiger charge is -2.13. The molecule has 0 saturated carbocycles. The Morgan fingerprint density at radius 2 is 2.00 bits per heavy atom. The number of ether oxygens (including phenoxy) is 2. The first kappa shape index (κ1) is 21.4. The molecule has 156 valence electrons. The fraction of sp³-hybridized carbons (Fsp3) is 0.182. The van der Waals surface area contributed by atoms with Crippen molar-refractivity contribution in [1.29, 1.82) is 0 Å². The van der Waals surface area contributed by atoms with Crippen molar-refractivity contribution in [3.63, 3.8) is 0 Å². The van der Waals surface area contributed by atoms with Crippen LogP contribution in [0, 0.1) is 0 Å². The van der Waals surface area contributed by atoms with Crippen LogP contribution in [0.2, 0.25) is 0 Å². The van der Waals surface area contributed by atoms with E-state index in [4.69, 9.17) is 26.1 Å². The van der Waals surface area contributed by atoms with Gasteiger partial charge in [0, 0.05) is 17.3 Å². The number of nitrogens with one attached hydrogen (secondary N) is 2. The molecule has 0 bridgehead atoms. The molecule has 3 N–H and O–H groups in total. The molecule has 0 saturated heterocycles. The molecule has 0 aliphatic carbocycles. The number of furan rings is 1. The van der Waals surface area contributed by atoms with E-state index in [-0.39, 0.29) is 17.6 Å². The fourth-order valence-corrected chi connectivity index (χ4v) is 3.02. The van der Waals surface area contributed by atoms with Gasteiger partial charge in [0.05, 0.1) is 19.3 Å². The number of aliphatic hydroxyl groups excluding tert-OH is 1. The number of benzene rings is 2. The second kappa shape index (κ2) is 9.91. The van der Waals surface area contributed by atoms with Crippen LogP contribution < -0.4 is 20.1 Å². The van der Waals surface area contributed by atoms with Gasteiger partial charge < -0.3 is 24.3 Å². The van der Waals surface area contributed by atoms with Gasteiger partial charge in [-0.25, -0.2) is 0 Å². The summed E-state index contributed by atoms with van der Waals surface area (Å²) in [6, 6.07) is 15.7. The summed E-state index contributed by atoms with van der Waals surface area (Å²) in [7, 11) is 1.55. The molecule has 0 spiro atoms. The summed E-state index contributed by atoms with van der Waals surface area (Å²) >= 11 is 5.26. The Bertz CT molecular complexity index is 1050. The Morgan fingerprint density at radius 3 is 2.70 bits per heavy atom. The zero-order valence-electron chi connectivity index (χ0n) is 16.6. The van der Waals surface area contributed by atoms with E-state index in [1.807, 2.05) is 6.92 Å². The molecule has 7 nitrogen and oxygen atoms in total. The zero-order chi connectivity index (χ0) is 21.5. The van der Waals surface area contributed by atoms with Crippen LogP contribution in [0.3, 0.4) is 0 Å². The van der Waals surface area contributed by atoms with Gasteiger partial charge in [-0.1, -0.05) is 6.07 Å². The molecule has 3 rings (SSSR count). The van der Waals surface area contributed by atoms with Gasteiger partial charge in [0.25, 0.3) is 5.91 Å². The maximum atomic E-state index is 12.4. The van der Waals surface area contributed by atoms with E-state index in [2.05, 4.69) is 10.6 Å². The minimum atomic E-state index is -0.343. The first-order valence-corrected chi connectivity index (χ1v) is 9.68. The predicted octanol–water partition coefficient (Wildman–Crippen LogP) is 3.97. The largest absolute Gasteiger partial charge is 0.496 e. The Kier molecular flexibility index (Phi) is 7.05. The van der Waals surface area contributed by atoms with E-state index in [0.717, 1.165) is 5.56 Å². The van der Waals surface area contributed by atoms with Gasteiger partial charge in [-0.3, -0.25) is 10.1 Å². The number of aliphatic hydroxyl groups is 1. The molecule has 0 aliphatic rings. The van der Waals surface area contributed by atoms with E-state index in [1.54, 1.807) is 61.7 Å². The number of hydrogen-bond acceptors (Lipinski definition) is 6. The maximum Gasteiger partial charge on any atom is 0.257 e. The molecule has 1 amide bonds. The SMILES string of the molecule is CCOc1cccc(C(=O)NC(=S)Nc2ccc(-c3ccc(CO)o3)c(OC)c2)c1. The summed E-state index contributed by atoms with van der Waals surface area (Å²) in [5, 5.41) is 14.9. The normalized spacial score (nSPS) is 10.4. The number of methoxy groups -OCH3 is 1. The topological polar surface area (TPSA) is 93.0 Å². The standard InChI is InChI=1S/C22H22N2O5S/c1-3-28-16-6-4-5-14(11-16)21(26)24-22(30)23-15-7-9-18(20(12-15)27-2)19-10-8-17(13-25)29-19/h4-12,25H,3,13H2,1-2H3,(H2,23,24,26,30). The summed E-state index contributed by atoms with van der Waals surface area (Å²) in [4.78, 5) is 12.4. The van der Waals surface area contributed by atoms with E-state index >= 15 is 0 Å². The van der Waals surface area contributed by atoms with Gasteiger partial charge in [-0.2, -0.15) is 0 Å². The molecular formula is C22H22N2O5S. The number of hydrogen-bond donors (Lipinski definition) is 3. The van der Waals surface area contributed by atoms with Crippen LogP contribution in [-0.4, -0.2) is 29.8 Å². The van der Waals surface area contributed by atoms with Gasteiger partial charge in [-0.15, -0.1) is 0 Å². The fourth-order valence-electron chi connectivity index (χ4n) is 2.81. The first-order chi connectivity index (χ1) is 14.5. The maximum absolute atomic E-state index is 12.4. The number of thiocarbonyl (C=S) groups is 1. The average molecular weight is 426 g/mol. The summed E-state index contributed by atoms with van der Waals surface area (Å²) in [6.07, 6.45) is 0. The van der Waals surface area contributed by atoms with Crippen LogP contribution in [0.25, 0.3) is 11.3 Å². The number of amides is 1.